The molecule has 82 valence electrons. The Morgan fingerprint density at radius 3 is 2.67 bits per heavy atom. The van der Waals surface area contributed by atoms with E-state index in [4.69, 9.17) is 10.2 Å². The monoisotopic (exact) mass is 229 g/mol. The molecule has 1 aromatic heterocycles. The van der Waals surface area contributed by atoms with Crippen LogP contribution in [0.15, 0.2) is 22.6 Å². The van der Waals surface area contributed by atoms with E-state index >= 15 is 0 Å². The summed E-state index contributed by atoms with van der Waals surface area (Å²) in [6.45, 7) is 3.74. The van der Waals surface area contributed by atoms with Gasteiger partial charge in [0.05, 0.1) is 6.04 Å². The first-order valence-corrected chi connectivity index (χ1v) is 4.53. The number of fused-ring (bicyclic) bond motifs is 1. The average Bonchev–Trinajstić information content (AvgIpc) is 2.44. The summed E-state index contributed by atoms with van der Waals surface area (Å²) >= 11 is 0. The average molecular weight is 230 g/mol. The summed E-state index contributed by atoms with van der Waals surface area (Å²) < 4.78 is 18.5. The molecule has 0 spiro atoms. The minimum Gasteiger partial charge on any atom is -0.459 e. The molecule has 0 amide bonds. The molecule has 0 radical (unpaired) electrons. The van der Waals surface area contributed by atoms with Gasteiger partial charge in [-0.05, 0) is 32.0 Å². The molecule has 2 rings (SSSR count). The first kappa shape index (κ1) is 12.0. The Kier molecular flexibility index (Phi) is 3.37. The Bertz CT molecular complexity index is 479. The van der Waals surface area contributed by atoms with Gasteiger partial charge in [0.15, 0.2) is 0 Å². The predicted octanol–water partition coefficient (Wildman–Crippen LogP) is 3.32. The van der Waals surface area contributed by atoms with Crippen LogP contribution in [-0.4, -0.2) is 0 Å². The summed E-state index contributed by atoms with van der Waals surface area (Å²) in [6.07, 6.45) is 0. The van der Waals surface area contributed by atoms with E-state index in [1.165, 1.54) is 12.1 Å². The fourth-order valence-electron chi connectivity index (χ4n) is 1.65. The Hall–Kier alpha value is -1.06. The molecule has 2 nitrogen and oxygen atoms in total. The second-order valence-corrected chi connectivity index (χ2v) is 3.52. The van der Waals surface area contributed by atoms with Crippen LogP contribution < -0.4 is 5.73 Å². The Morgan fingerprint density at radius 1 is 1.40 bits per heavy atom. The minimum atomic E-state index is -0.252. The highest BCUT2D eigenvalue weighted by Crippen LogP contribution is 2.28. The van der Waals surface area contributed by atoms with Crippen molar-refractivity contribution in [3.63, 3.8) is 0 Å². The number of benzene rings is 1. The van der Waals surface area contributed by atoms with E-state index in [0.717, 1.165) is 16.7 Å². The lowest BCUT2D eigenvalue weighted by atomic mass is 10.1. The second kappa shape index (κ2) is 4.21. The van der Waals surface area contributed by atoms with Crippen LogP contribution in [0, 0.1) is 12.7 Å². The standard InChI is InChI=1S/C11H12FNO.ClH/c1-6-9-5-8(12)3-4-10(9)14-11(6)7(2)13;/h3-5,7H,13H2,1-2H3;1H. The van der Waals surface area contributed by atoms with Crippen LogP contribution in [0.4, 0.5) is 4.39 Å². The molecule has 0 saturated heterocycles. The lowest BCUT2D eigenvalue weighted by molar-refractivity contribution is 0.509. The lowest BCUT2D eigenvalue weighted by Crippen LogP contribution is -2.04. The molecule has 0 fully saturated rings. The second-order valence-electron chi connectivity index (χ2n) is 3.52. The predicted molar refractivity (Wildman–Crippen MR) is 60.8 cm³/mol. The number of rotatable bonds is 1. The van der Waals surface area contributed by atoms with Crippen molar-refractivity contribution in [3.05, 3.63) is 35.3 Å². The molecule has 15 heavy (non-hydrogen) atoms. The van der Waals surface area contributed by atoms with E-state index < -0.39 is 0 Å². The molecule has 0 aliphatic heterocycles. The van der Waals surface area contributed by atoms with Crippen LogP contribution in [0.2, 0.25) is 0 Å². The zero-order chi connectivity index (χ0) is 10.3. The van der Waals surface area contributed by atoms with Crippen molar-refractivity contribution in [2.24, 2.45) is 5.73 Å². The van der Waals surface area contributed by atoms with Gasteiger partial charge in [0.1, 0.15) is 17.2 Å². The first-order chi connectivity index (χ1) is 6.59. The summed E-state index contributed by atoms with van der Waals surface area (Å²) in [5.74, 6) is 0.475. The van der Waals surface area contributed by atoms with Gasteiger partial charge in [-0.3, -0.25) is 0 Å². The number of aryl methyl sites for hydroxylation is 1. The quantitative estimate of drug-likeness (QED) is 0.815. The molecule has 1 unspecified atom stereocenters. The maximum atomic E-state index is 13.0. The Morgan fingerprint density at radius 2 is 2.07 bits per heavy atom. The van der Waals surface area contributed by atoms with Crippen LogP contribution in [0.1, 0.15) is 24.3 Å². The van der Waals surface area contributed by atoms with Crippen molar-refractivity contribution in [2.75, 3.05) is 0 Å². The number of nitrogens with two attached hydrogens (primary N) is 1. The number of halogens is 2. The van der Waals surface area contributed by atoms with Crippen molar-refractivity contribution in [3.8, 4) is 0 Å². The number of hydrogen-bond acceptors (Lipinski definition) is 2. The van der Waals surface area contributed by atoms with E-state index in [-0.39, 0.29) is 24.3 Å². The molecule has 0 bridgehead atoms. The minimum absolute atomic E-state index is 0. The van der Waals surface area contributed by atoms with Gasteiger partial charge >= 0.3 is 0 Å². The summed E-state index contributed by atoms with van der Waals surface area (Å²) in [5.41, 5.74) is 7.35. The highest BCUT2D eigenvalue weighted by atomic mass is 35.5. The molecule has 2 aromatic rings. The summed E-state index contributed by atoms with van der Waals surface area (Å²) in [4.78, 5) is 0. The molecule has 1 heterocycles. The fraction of sp³-hybridized carbons (Fsp3) is 0.273. The van der Waals surface area contributed by atoms with Gasteiger partial charge in [0.25, 0.3) is 0 Å². The van der Waals surface area contributed by atoms with E-state index in [1.54, 1.807) is 6.07 Å². The van der Waals surface area contributed by atoms with E-state index in [9.17, 15) is 4.39 Å². The van der Waals surface area contributed by atoms with Crippen LogP contribution in [0.5, 0.6) is 0 Å². The fourth-order valence-corrected chi connectivity index (χ4v) is 1.65. The molecule has 1 atom stereocenters. The van der Waals surface area contributed by atoms with E-state index in [0.29, 0.717) is 5.58 Å². The van der Waals surface area contributed by atoms with Gasteiger partial charge in [-0.2, -0.15) is 0 Å². The molecular formula is C11H13ClFNO. The third-order valence-electron chi connectivity index (χ3n) is 2.35. The third-order valence-corrected chi connectivity index (χ3v) is 2.35. The van der Waals surface area contributed by atoms with E-state index in [2.05, 4.69) is 0 Å². The summed E-state index contributed by atoms with van der Waals surface area (Å²) in [6, 6.07) is 4.32. The van der Waals surface area contributed by atoms with Gasteiger partial charge in [-0.1, -0.05) is 0 Å². The maximum absolute atomic E-state index is 13.0. The van der Waals surface area contributed by atoms with Crippen LogP contribution >= 0.6 is 12.4 Å². The van der Waals surface area contributed by atoms with Crippen molar-refractivity contribution < 1.29 is 8.81 Å². The van der Waals surface area contributed by atoms with Gasteiger partial charge in [0, 0.05) is 10.9 Å². The maximum Gasteiger partial charge on any atom is 0.134 e. The van der Waals surface area contributed by atoms with Crippen molar-refractivity contribution in [2.45, 2.75) is 19.9 Å². The van der Waals surface area contributed by atoms with Gasteiger partial charge in [-0.25, -0.2) is 4.39 Å². The van der Waals surface area contributed by atoms with Crippen LogP contribution in [-0.2, 0) is 0 Å². The van der Waals surface area contributed by atoms with Crippen molar-refractivity contribution in [1.29, 1.82) is 0 Å². The first-order valence-electron chi connectivity index (χ1n) is 4.53. The highest BCUT2D eigenvalue weighted by molar-refractivity contribution is 5.85. The Balaban J connectivity index is 0.00000112. The number of furan rings is 1. The molecule has 0 aliphatic rings. The van der Waals surface area contributed by atoms with Gasteiger partial charge < -0.3 is 10.2 Å². The normalized spacial score (nSPS) is 12.5. The smallest absolute Gasteiger partial charge is 0.134 e. The SMILES string of the molecule is Cc1c(C(C)N)oc2ccc(F)cc12.Cl. The summed E-state index contributed by atoms with van der Waals surface area (Å²) in [5, 5.41) is 0.803. The third kappa shape index (κ3) is 1.98. The van der Waals surface area contributed by atoms with Crippen LogP contribution in [0.3, 0.4) is 0 Å². The number of hydrogen-bond donors (Lipinski definition) is 1. The van der Waals surface area contributed by atoms with Crippen LogP contribution in [0.25, 0.3) is 11.0 Å². The molecule has 4 heteroatoms. The zero-order valence-corrected chi connectivity index (χ0v) is 9.40. The summed E-state index contributed by atoms with van der Waals surface area (Å²) in [7, 11) is 0. The van der Waals surface area contributed by atoms with Gasteiger partial charge in [0.2, 0.25) is 0 Å². The van der Waals surface area contributed by atoms with Gasteiger partial charge in [-0.15, -0.1) is 12.4 Å². The van der Waals surface area contributed by atoms with Crippen molar-refractivity contribution >= 4 is 23.4 Å². The largest absolute Gasteiger partial charge is 0.459 e. The Labute approximate surface area is 93.7 Å². The molecule has 0 aliphatic carbocycles. The highest BCUT2D eigenvalue weighted by Gasteiger charge is 2.13. The van der Waals surface area contributed by atoms with E-state index in [1.807, 2.05) is 13.8 Å². The zero-order valence-electron chi connectivity index (χ0n) is 8.58. The molecule has 2 N–H and O–H groups in total. The molecule has 0 saturated carbocycles. The van der Waals surface area contributed by atoms with Crippen molar-refractivity contribution in [1.82, 2.24) is 0 Å². The molecular weight excluding hydrogens is 217 g/mol. The topological polar surface area (TPSA) is 39.2 Å². The lowest BCUT2D eigenvalue weighted by Gasteiger charge is -2.00. The molecule has 1 aromatic carbocycles.